The van der Waals surface area contributed by atoms with E-state index in [9.17, 15) is 8.42 Å². The van der Waals surface area contributed by atoms with Crippen LogP contribution in [-0.2, 0) is 9.84 Å². The van der Waals surface area contributed by atoms with Gasteiger partial charge in [-0.05, 0) is 18.6 Å². The molecule has 16 heavy (non-hydrogen) atoms. The van der Waals surface area contributed by atoms with Crippen molar-refractivity contribution in [3.8, 4) is 0 Å². The van der Waals surface area contributed by atoms with E-state index in [4.69, 9.17) is 17.3 Å². The molecule has 1 atom stereocenters. The van der Waals surface area contributed by atoms with Crippen LogP contribution in [0.5, 0.6) is 0 Å². The minimum atomic E-state index is -2.87. The highest BCUT2D eigenvalue weighted by Gasteiger charge is 2.28. The van der Waals surface area contributed by atoms with E-state index in [0.717, 1.165) is 0 Å². The van der Waals surface area contributed by atoms with Crippen LogP contribution in [0.25, 0.3) is 0 Å². The second-order valence-electron chi connectivity index (χ2n) is 3.95. The molecule has 0 spiro atoms. The maximum atomic E-state index is 11.3. The molecule has 0 aliphatic carbocycles. The standard InChI is InChI=1S/C10H13ClN2O2S/c11-8-2-1-3-9(10(8)12)13-7-4-5-16(14,15)6-7/h1-3,7,13H,4-6,12H2. The highest BCUT2D eigenvalue weighted by atomic mass is 35.5. The van der Waals surface area contributed by atoms with Crippen LogP contribution in [0.2, 0.25) is 5.02 Å². The van der Waals surface area contributed by atoms with Crippen molar-refractivity contribution >= 4 is 32.8 Å². The van der Waals surface area contributed by atoms with E-state index >= 15 is 0 Å². The molecule has 1 saturated heterocycles. The second kappa shape index (κ2) is 4.14. The molecule has 1 aliphatic heterocycles. The summed E-state index contributed by atoms with van der Waals surface area (Å²) in [5, 5.41) is 3.59. The van der Waals surface area contributed by atoms with Gasteiger partial charge >= 0.3 is 0 Å². The Labute approximate surface area is 99.7 Å². The predicted molar refractivity (Wildman–Crippen MR) is 66.5 cm³/mol. The number of nitrogen functional groups attached to an aromatic ring is 1. The van der Waals surface area contributed by atoms with Crippen molar-refractivity contribution in [2.24, 2.45) is 0 Å². The zero-order valence-electron chi connectivity index (χ0n) is 8.61. The average molecular weight is 261 g/mol. The topological polar surface area (TPSA) is 72.2 Å². The lowest BCUT2D eigenvalue weighted by Gasteiger charge is -2.14. The average Bonchev–Trinajstić information content (AvgIpc) is 2.53. The van der Waals surface area contributed by atoms with Crippen LogP contribution in [0.1, 0.15) is 6.42 Å². The Kier molecular flexibility index (Phi) is 2.99. The Bertz CT molecular complexity index is 502. The molecule has 1 aromatic carbocycles. The molecule has 6 heteroatoms. The molecule has 0 amide bonds. The van der Waals surface area contributed by atoms with Crippen LogP contribution < -0.4 is 11.1 Å². The second-order valence-corrected chi connectivity index (χ2v) is 6.58. The Morgan fingerprint density at radius 2 is 2.19 bits per heavy atom. The number of para-hydroxylation sites is 1. The van der Waals surface area contributed by atoms with E-state index < -0.39 is 9.84 Å². The van der Waals surface area contributed by atoms with Gasteiger partial charge in [-0.15, -0.1) is 0 Å². The Morgan fingerprint density at radius 3 is 2.81 bits per heavy atom. The lowest BCUT2D eigenvalue weighted by Crippen LogP contribution is -2.21. The number of hydrogen-bond acceptors (Lipinski definition) is 4. The molecule has 88 valence electrons. The molecule has 0 aromatic heterocycles. The van der Waals surface area contributed by atoms with Gasteiger partial charge in [-0.3, -0.25) is 0 Å². The zero-order valence-corrected chi connectivity index (χ0v) is 10.2. The minimum absolute atomic E-state index is 0.0641. The molecule has 0 radical (unpaired) electrons. The number of rotatable bonds is 2. The third kappa shape index (κ3) is 2.41. The van der Waals surface area contributed by atoms with Crippen LogP contribution in [0.15, 0.2) is 18.2 Å². The summed E-state index contributed by atoms with van der Waals surface area (Å²) < 4.78 is 22.6. The van der Waals surface area contributed by atoms with Gasteiger partial charge < -0.3 is 11.1 Å². The summed E-state index contributed by atoms with van der Waals surface area (Å²) in [4.78, 5) is 0. The molecule has 4 nitrogen and oxygen atoms in total. The summed E-state index contributed by atoms with van der Waals surface area (Å²) >= 11 is 5.87. The molecular formula is C10H13ClN2O2S. The first-order valence-corrected chi connectivity index (χ1v) is 7.19. The van der Waals surface area contributed by atoms with Crippen molar-refractivity contribution in [3.05, 3.63) is 23.2 Å². The summed E-state index contributed by atoms with van der Waals surface area (Å²) in [6.07, 6.45) is 0.619. The highest BCUT2D eigenvalue weighted by Crippen LogP contribution is 2.28. The Morgan fingerprint density at radius 1 is 1.44 bits per heavy atom. The smallest absolute Gasteiger partial charge is 0.152 e. The van der Waals surface area contributed by atoms with Crippen LogP contribution in [0.3, 0.4) is 0 Å². The first-order chi connectivity index (χ1) is 7.48. The molecule has 0 bridgehead atoms. The number of benzene rings is 1. The van der Waals surface area contributed by atoms with Crippen molar-refractivity contribution in [1.82, 2.24) is 0 Å². The summed E-state index contributed by atoms with van der Waals surface area (Å²) in [6.45, 7) is 0. The van der Waals surface area contributed by atoms with Gasteiger partial charge in [0, 0.05) is 6.04 Å². The van der Waals surface area contributed by atoms with Crippen molar-refractivity contribution in [1.29, 1.82) is 0 Å². The maximum Gasteiger partial charge on any atom is 0.152 e. The van der Waals surface area contributed by atoms with E-state index in [0.29, 0.717) is 22.8 Å². The number of sulfone groups is 1. The quantitative estimate of drug-likeness (QED) is 0.791. The van der Waals surface area contributed by atoms with Crippen molar-refractivity contribution in [2.45, 2.75) is 12.5 Å². The summed E-state index contributed by atoms with van der Waals surface area (Å²) in [5.74, 6) is 0.407. The number of nitrogens with two attached hydrogens (primary N) is 1. The van der Waals surface area contributed by atoms with E-state index in [1.165, 1.54) is 0 Å². The van der Waals surface area contributed by atoms with Crippen LogP contribution in [0, 0.1) is 0 Å². The number of halogens is 1. The monoisotopic (exact) mass is 260 g/mol. The van der Waals surface area contributed by atoms with Crippen molar-refractivity contribution in [3.63, 3.8) is 0 Å². The lowest BCUT2D eigenvalue weighted by atomic mass is 10.2. The molecule has 1 unspecified atom stereocenters. The van der Waals surface area contributed by atoms with E-state index in [1.807, 2.05) is 0 Å². The molecule has 1 aliphatic rings. The van der Waals surface area contributed by atoms with Gasteiger partial charge in [0.1, 0.15) is 0 Å². The van der Waals surface area contributed by atoms with Gasteiger partial charge in [-0.2, -0.15) is 0 Å². The molecule has 2 rings (SSSR count). The molecule has 1 fully saturated rings. The minimum Gasteiger partial charge on any atom is -0.396 e. The molecule has 0 saturated carbocycles. The third-order valence-corrected chi connectivity index (χ3v) is 4.74. The highest BCUT2D eigenvalue weighted by molar-refractivity contribution is 7.91. The van der Waals surface area contributed by atoms with Gasteiger partial charge in [0.25, 0.3) is 0 Å². The van der Waals surface area contributed by atoms with Crippen LogP contribution in [0.4, 0.5) is 11.4 Å². The van der Waals surface area contributed by atoms with Gasteiger partial charge in [0.15, 0.2) is 9.84 Å². The lowest BCUT2D eigenvalue weighted by molar-refractivity contribution is 0.602. The van der Waals surface area contributed by atoms with E-state index in [2.05, 4.69) is 5.32 Å². The molecule has 1 heterocycles. The number of anilines is 2. The Hall–Kier alpha value is -0.940. The van der Waals surface area contributed by atoms with Crippen molar-refractivity contribution < 1.29 is 8.42 Å². The fourth-order valence-electron chi connectivity index (χ4n) is 1.79. The first-order valence-electron chi connectivity index (χ1n) is 4.99. The fraction of sp³-hybridized carbons (Fsp3) is 0.400. The Balaban J connectivity index is 2.14. The van der Waals surface area contributed by atoms with Crippen LogP contribution >= 0.6 is 11.6 Å². The SMILES string of the molecule is Nc1c(Cl)cccc1NC1CCS(=O)(=O)C1. The predicted octanol–water partition coefficient (Wildman–Crippen LogP) is 1.52. The molecular weight excluding hydrogens is 248 g/mol. The van der Waals surface area contributed by atoms with E-state index in [-0.39, 0.29) is 17.5 Å². The summed E-state index contributed by atoms with van der Waals surface area (Å²) in [6, 6.07) is 5.22. The van der Waals surface area contributed by atoms with Gasteiger partial charge in [-0.25, -0.2) is 8.42 Å². The molecule has 1 aromatic rings. The van der Waals surface area contributed by atoms with Gasteiger partial charge in [-0.1, -0.05) is 17.7 Å². The number of hydrogen-bond donors (Lipinski definition) is 2. The third-order valence-electron chi connectivity index (χ3n) is 2.64. The normalized spacial score (nSPS) is 23.2. The van der Waals surface area contributed by atoms with Crippen molar-refractivity contribution in [2.75, 3.05) is 22.6 Å². The van der Waals surface area contributed by atoms with Crippen LogP contribution in [-0.4, -0.2) is 26.0 Å². The summed E-state index contributed by atoms with van der Waals surface area (Å²) in [5.41, 5.74) is 6.95. The summed E-state index contributed by atoms with van der Waals surface area (Å²) in [7, 11) is -2.87. The first kappa shape index (κ1) is 11.5. The van der Waals surface area contributed by atoms with Gasteiger partial charge in [0.05, 0.1) is 27.9 Å². The maximum absolute atomic E-state index is 11.3. The largest absolute Gasteiger partial charge is 0.396 e. The zero-order chi connectivity index (χ0) is 11.8. The van der Waals surface area contributed by atoms with E-state index in [1.54, 1.807) is 18.2 Å². The molecule has 3 N–H and O–H groups in total. The van der Waals surface area contributed by atoms with Gasteiger partial charge in [0.2, 0.25) is 0 Å². The fourth-order valence-corrected chi connectivity index (χ4v) is 3.64. The number of nitrogens with one attached hydrogen (secondary N) is 1.